The molecule has 0 radical (unpaired) electrons. The van der Waals surface area contributed by atoms with Crippen molar-refractivity contribution < 1.29 is 18.6 Å². The van der Waals surface area contributed by atoms with Crippen LogP contribution in [0.5, 0.6) is 17.2 Å². The van der Waals surface area contributed by atoms with Crippen LogP contribution in [0.3, 0.4) is 0 Å². The van der Waals surface area contributed by atoms with Gasteiger partial charge in [0.1, 0.15) is 5.75 Å². The smallest absolute Gasteiger partial charge is 0.368 e. The maximum Gasteiger partial charge on any atom is 0.368 e. The van der Waals surface area contributed by atoms with Gasteiger partial charge in [0.25, 0.3) is 0 Å². The first kappa shape index (κ1) is 13.0. The first-order valence-corrected chi connectivity index (χ1v) is 7.06. The molecular weight excluding hydrogens is 280 g/mol. The molecule has 0 fully saturated rings. The summed E-state index contributed by atoms with van der Waals surface area (Å²) in [5, 5.41) is 2.07. The zero-order valence-corrected chi connectivity index (χ0v) is 12.4. The largest absolute Gasteiger partial charge is 0.497 e. The van der Waals surface area contributed by atoms with Gasteiger partial charge in [-0.05, 0) is 30.3 Å². The molecule has 1 aromatic heterocycles. The molecule has 4 rings (SSSR count). The van der Waals surface area contributed by atoms with E-state index in [4.69, 9.17) is 18.6 Å². The monoisotopic (exact) mass is 295 g/mol. The third-order valence-corrected chi connectivity index (χ3v) is 3.76. The van der Waals surface area contributed by atoms with Crippen LogP contribution in [-0.2, 0) is 0 Å². The van der Waals surface area contributed by atoms with Gasteiger partial charge in [-0.1, -0.05) is 0 Å². The zero-order chi connectivity index (χ0) is 15.1. The highest BCUT2D eigenvalue weighted by Crippen LogP contribution is 2.40. The molecule has 4 heteroatoms. The number of aryl methyl sites for hydroxylation is 1. The van der Waals surface area contributed by atoms with Crippen molar-refractivity contribution in [3.05, 3.63) is 48.2 Å². The molecule has 0 saturated carbocycles. The lowest BCUT2D eigenvalue weighted by atomic mass is 10.0. The van der Waals surface area contributed by atoms with Crippen LogP contribution in [0.2, 0.25) is 0 Å². The highest BCUT2D eigenvalue weighted by Gasteiger charge is 2.23. The molecule has 2 heterocycles. The van der Waals surface area contributed by atoms with Gasteiger partial charge in [0.15, 0.2) is 11.5 Å². The number of rotatable bonds is 2. The Morgan fingerprint density at radius 3 is 2.45 bits per heavy atom. The number of hydrogen-bond donors (Lipinski definition) is 0. The number of benzene rings is 2. The molecule has 0 atom stereocenters. The van der Waals surface area contributed by atoms with E-state index in [9.17, 15) is 0 Å². The molecule has 0 unspecified atom stereocenters. The Morgan fingerprint density at radius 1 is 1.00 bits per heavy atom. The van der Waals surface area contributed by atoms with Gasteiger partial charge in [-0.25, -0.2) is 4.42 Å². The van der Waals surface area contributed by atoms with Crippen LogP contribution in [0, 0.1) is 6.92 Å². The van der Waals surface area contributed by atoms with Gasteiger partial charge < -0.3 is 14.2 Å². The van der Waals surface area contributed by atoms with Crippen molar-refractivity contribution in [1.29, 1.82) is 0 Å². The second-order valence-corrected chi connectivity index (χ2v) is 5.21. The van der Waals surface area contributed by atoms with Gasteiger partial charge >= 0.3 is 11.5 Å². The van der Waals surface area contributed by atoms with E-state index in [1.54, 1.807) is 7.11 Å². The molecule has 0 amide bonds. The van der Waals surface area contributed by atoms with Crippen molar-refractivity contribution in [2.75, 3.05) is 13.9 Å². The second kappa shape index (κ2) is 4.91. The van der Waals surface area contributed by atoms with Gasteiger partial charge in [-0.3, -0.25) is 0 Å². The summed E-state index contributed by atoms with van der Waals surface area (Å²) in [5.41, 5.74) is 0.994. The van der Waals surface area contributed by atoms with Crippen LogP contribution in [-0.4, -0.2) is 13.9 Å². The third kappa shape index (κ3) is 2.04. The predicted octanol–water partition coefficient (Wildman–Crippen LogP) is 4.43. The molecule has 0 bridgehead atoms. The zero-order valence-electron chi connectivity index (χ0n) is 12.4. The highest BCUT2D eigenvalue weighted by atomic mass is 16.7. The lowest BCUT2D eigenvalue weighted by Crippen LogP contribution is -1.92. The molecule has 0 saturated heterocycles. The van der Waals surface area contributed by atoms with Crippen LogP contribution in [0.4, 0.5) is 0 Å². The maximum absolute atomic E-state index is 5.97. The average molecular weight is 295 g/mol. The van der Waals surface area contributed by atoms with Gasteiger partial charge in [-0.2, -0.15) is 0 Å². The van der Waals surface area contributed by atoms with Crippen molar-refractivity contribution in [2.24, 2.45) is 0 Å². The molecule has 3 aromatic rings. The maximum atomic E-state index is 5.97. The average Bonchev–Trinajstić information content (AvgIpc) is 2.99. The summed E-state index contributed by atoms with van der Waals surface area (Å²) in [6.45, 7) is 2.21. The summed E-state index contributed by atoms with van der Waals surface area (Å²) in [6.07, 6.45) is 0. The molecule has 0 spiro atoms. The molecule has 110 valence electrons. The molecule has 1 aliphatic heterocycles. The van der Waals surface area contributed by atoms with Gasteiger partial charge in [0, 0.05) is 17.5 Å². The van der Waals surface area contributed by atoms with E-state index >= 15 is 0 Å². The normalized spacial score (nSPS) is 12.6. The van der Waals surface area contributed by atoms with E-state index in [2.05, 4.69) is 0 Å². The Morgan fingerprint density at radius 2 is 1.73 bits per heavy atom. The first-order valence-electron chi connectivity index (χ1n) is 7.06. The van der Waals surface area contributed by atoms with Gasteiger partial charge in [0.2, 0.25) is 6.79 Å². The Hall–Kier alpha value is -2.75. The molecule has 4 nitrogen and oxygen atoms in total. The molecule has 0 aliphatic carbocycles. The lowest BCUT2D eigenvalue weighted by Gasteiger charge is -2.02. The highest BCUT2D eigenvalue weighted by molar-refractivity contribution is 5.96. The lowest BCUT2D eigenvalue weighted by molar-refractivity contribution is 0.174. The topological polar surface area (TPSA) is 39.0 Å². The fourth-order valence-electron chi connectivity index (χ4n) is 2.69. The summed E-state index contributed by atoms with van der Waals surface area (Å²) in [6, 6.07) is 13.8. The van der Waals surface area contributed by atoms with Crippen LogP contribution in [0.1, 0.15) is 5.76 Å². The van der Waals surface area contributed by atoms with E-state index < -0.39 is 0 Å². The van der Waals surface area contributed by atoms with Crippen molar-refractivity contribution in [1.82, 2.24) is 0 Å². The summed E-state index contributed by atoms with van der Waals surface area (Å²) in [4.78, 5) is 0. The third-order valence-electron chi connectivity index (χ3n) is 3.76. The summed E-state index contributed by atoms with van der Waals surface area (Å²) in [5.74, 6) is 4.01. The minimum atomic E-state index is 0.264. The van der Waals surface area contributed by atoms with E-state index in [-0.39, 0.29) is 6.79 Å². The Labute approximate surface area is 127 Å². The SMILES string of the molecule is COc1ccc(-c2[o+]c(C)cc3cc4c(cc23)OCO4)cc1. The predicted molar refractivity (Wildman–Crippen MR) is 83.5 cm³/mol. The number of hydrogen-bond acceptors (Lipinski definition) is 3. The first-order chi connectivity index (χ1) is 10.7. The molecular formula is C18H15O4+. The van der Waals surface area contributed by atoms with E-state index in [0.29, 0.717) is 0 Å². The molecule has 22 heavy (non-hydrogen) atoms. The van der Waals surface area contributed by atoms with E-state index in [0.717, 1.165) is 45.1 Å². The summed E-state index contributed by atoms with van der Waals surface area (Å²) in [7, 11) is 1.65. The Kier molecular flexibility index (Phi) is 2.89. The van der Waals surface area contributed by atoms with Crippen molar-refractivity contribution >= 4 is 10.8 Å². The minimum absolute atomic E-state index is 0.264. The summed E-state index contributed by atoms with van der Waals surface area (Å²) < 4.78 is 22.1. The fourth-order valence-corrected chi connectivity index (χ4v) is 2.69. The molecule has 2 aromatic carbocycles. The molecule has 0 N–H and O–H groups in total. The van der Waals surface area contributed by atoms with Gasteiger partial charge in [0.05, 0.1) is 25.0 Å². The Bertz CT molecular complexity index is 853. The minimum Gasteiger partial charge on any atom is -0.497 e. The number of fused-ring (bicyclic) bond motifs is 2. The van der Waals surface area contributed by atoms with Crippen molar-refractivity contribution in [3.63, 3.8) is 0 Å². The van der Waals surface area contributed by atoms with E-state index in [1.807, 2.05) is 49.4 Å². The standard InChI is InChI=1S/C18H15O4/c1-11-7-13-8-16-17(21-10-20-16)9-15(13)18(22-11)12-3-5-14(19-2)6-4-12/h3-9H,10H2,1-2H3/q+1. The second-order valence-electron chi connectivity index (χ2n) is 5.21. The summed E-state index contributed by atoms with van der Waals surface area (Å²) >= 11 is 0. The van der Waals surface area contributed by atoms with Crippen LogP contribution < -0.4 is 14.2 Å². The number of methoxy groups -OCH3 is 1. The quantitative estimate of drug-likeness (QED) is 0.656. The van der Waals surface area contributed by atoms with Crippen molar-refractivity contribution in [2.45, 2.75) is 6.92 Å². The molecule has 1 aliphatic rings. The van der Waals surface area contributed by atoms with E-state index in [1.165, 1.54) is 0 Å². The van der Waals surface area contributed by atoms with Crippen LogP contribution >= 0.6 is 0 Å². The van der Waals surface area contributed by atoms with Gasteiger partial charge in [-0.15, -0.1) is 0 Å². The fraction of sp³-hybridized carbons (Fsp3) is 0.167. The van der Waals surface area contributed by atoms with Crippen molar-refractivity contribution in [3.8, 4) is 28.6 Å². The van der Waals surface area contributed by atoms with Crippen LogP contribution in [0.15, 0.2) is 46.9 Å². The Balaban J connectivity index is 1.95. The van der Waals surface area contributed by atoms with Crippen LogP contribution in [0.25, 0.3) is 22.1 Å². The number of ether oxygens (including phenoxy) is 3.